The van der Waals surface area contributed by atoms with Gasteiger partial charge in [0.25, 0.3) is 5.92 Å². The van der Waals surface area contributed by atoms with Gasteiger partial charge in [0.15, 0.2) is 5.82 Å². The Bertz CT molecular complexity index is 1090. The molecule has 1 unspecified atom stereocenters. The molecule has 2 saturated heterocycles. The van der Waals surface area contributed by atoms with E-state index in [1.807, 2.05) is 0 Å². The lowest BCUT2D eigenvalue weighted by molar-refractivity contribution is -0.117. The second-order valence-electron chi connectivity index (χ2n) is 8.95. The van der Waals surface area contributed by atoms with Gasteiger partial charge in [0.2, 0.25) is 5.91 Å². The first-order chi connectivity index (χ1) is 15.7. The average Bonchev–Trinajstić information content (AvgIpc) is 3.27. The van der Waals surface area contributed by atoms with Gasteiger partial charge in [-0.2, -0.15) is 8.78 Å². The summed E-state index contributed by atoms with van der Waals surface area (Å²) in [6, 6.07) is 4.83. The van der Waals surface area contributed by atoms with Crippen molar-refractivity contribution < 1.29 is 18.3 Å². The molecule has 0 saturated carbocycles. The van der Waals surface area contributed by atoms with Crippen LogP contribution in [0.25, 0.3) is 0 Å². The molecular weight excluding hydrogens is 450 g/mol. The lowest BCUT2D eigenvalue weighted by atomic mass is 9.75. The van der Waals surface area contributed by atoms with Crippen LogP contribution in [0.5, 0.6) is 0 Å². The molecule has 2 aromatic rings. The number of anilines is 3. The first kappa shape index (κ1) is 22.3. The normalized spacial score (nSPS) is 23.2. The van der Waals surface area contributed by atoms with E-state index < -0.39 is 18.4 Å². The molecule has 1 aromatic heterocycles. The highest BCUT2D eigenvalue weighted by Crippen LogP contribution is 2.49. The number of carbonyl (C=O) groups excluding carboxylic acids is 1. The number of hydrogen-bond donors (Lipinski definition) is 2. The summed E-state index contributed by atoms with van der Waals surface area (Å²) in [6.45, 7) is 3.46. The van der Waals surface area contributed by atoms with E-state index in [4.69, 9.17) is 16.2 Å². The minimum Gasteiger partial charge on any atom is -0.381 e. The molecule has 11 heteroatoms. The Morgan fingerprint density at radius 2 is 2.06 bits per heavy atom. The van der Waals surface area contributed by atoms with Gasteiger partial charge >= 0.3 is 0 Å². The monoisotopic (exact) mass is 476 g/mol. The third kappa shape index (κ3) is 3.81. The Morgan fingerprint density at radius 1 is 1.30 bits per heavy atom. The molecular formula is C22H26F2N6O2S. The Hall–Kier alpha value is -2.50. The summed E-state index contributed by atoms with van der Waals surface area (Å²) >= 11 is 1.04. The summed E-state index contributed by atoms with van der Waals surface area (Å²) in [6.07, 6.45) is 3.44. The zero-order valence-corrected chi connectivity index (χ0v) is 19.1. The summed E-state index contributed by atoms with van der Waals surface area (Å²) in [5.41, 5.74) is 12.5. The first-order valence-electron chi connectivity index (χ1n) is 10.9. The van der Waals surface area contributed by atoms with Crippen molar-refractivity contribution in [3.63, 3.8) is 0 Å². The average molecular weight is 477 g/mol. The zero-order chi connectivity index (χ0) is 23.4. The van der Waals surface area contributed by atoms with Crippen LogP contribution in [0.2, 0.25) is 0 Å². The second-order valence-corrected chi connectivity index (χ2v) is 9.98. The molecule has 1 spiro atoms. The molecule has 3 aliphatic heterocycles. The van der Waals surface area contributed by atoms with Gasteiger partial charge in [0.05, 0.1) is 37.2 Å². The van der Waals surface area contributed by atoms with Crippen molar-refractivity contribution in [2.45, 2.75) is 41.7 Å². The van der Waals surface area contributed by atoms with Crippen molar-refractivity contribution in [3.05, 3.63) is 30.0 Å². The highest BCUT2D eigenvalue weighted by molar-refractivity contribution is 7.99. The number of alkyl halides is 2. The van der Waals surface area contributed by atoms with E-state index in [0.717, 1.165) is 42.6 Å². The molecule has 2 fully saturated rings. The summed E-state index contributed by atoms with van der Waals surface area (Å²) in [4.78, 5) is 24.3. The number of hydrogen-bond acceptors (Lipinski definition) is 8. The van der Waals surface area contributed by atoms with Crippen LogP contribution in [0.4, 0.5) is 26.1 Å². The van der Waals surface area contributed by atoms with Crippen LogP contribution in [0.15, 0.2) is 34.3 Å². The zero-order valence-electron chi connectivity index (χ0n) is 18.3. The third-order valence-corrected chi connectivity index (χ3v) is 7.98. The van der Waals surface area contributed by atoms with Crippen molar-refractivity contribution in [1.82, 2.24) is 9.97 Å². The van der Waals surface area contributed by atoms with Crippen LogP contribution >= 0.6 is 11.8 Å². The maximum absolute atomic E-state index is 14.8. The number of nitrogens with zero attached hydrogens (tertiary/aromatic N) is 4. The van der Waals surface area contributed by atoms with Crippen LogP contribution in [-0.2, 0) is 15.5 Å². The third-order valence-electron chi connectivity index (χ3n) is 6.91. The topological polar surface area (TPSA) is 111 Å². The van der Waals surface area contributed by atoms with E-state index >= 15 is 0 Å². The number of aromatic nitrogens is 2. The number of rotatable bonds is 3. The molecule has 176 valence electrons. The molecule has 1 aromatic carbocycles. The van der Waals surface area contributed by atoms with E-state index in [-0.39, 0.29) is 28.5 Å². The Kier molecular flexibility index (Phi) is 5.45. The lowest BCUT2D eigenvalue weighted by Crippen LogP contribution is -2.49. The predicted octanol–water partition coefficient (Wildman–Crippen LogP) is 2.61. The number of piperidine rings is 1. The van der Waals surface area contributed by atoms with Gasteiger partial charge in [-0.25, -0.2) is 9.97 Å². The fourth-order valence-electron chi connectivity index (χ4n) is 4.93. The summed E-state index contributed by atoms with van der Waals surface area (Å²) in [7, 11) is 0. The summed E-state index contributed by atoms with van der Waals surface area (Å²) in [5, 5.41) is 0.351. The molecule has 5 rings (SSSR count). The first-order valence-corrected chi connectivity index (χ1v) is 11.7. The van der Waals surface area contributed by atoms with Crippen LogP contribution in [0.1, 0.15) is 25.3 Å². The van der Waals surface area contributed by atoms with Crippen molar-refractivity contribution in [2.24, 2.45) is 11.1 Å². The largest absolute Gasteiger partial charge is 0.381 e. The Balaban J connectivity index is 1.35. The number of amides is 1. The van der Waals surface area contributed by atoms with E-state index in [9.17, 15) is 13.6 Å². The molecule has 8 nitrogen and oxygen atoms in total. The van der Waals surface area contributed by atoms with Gasteiger partial charge in [-0.05, 0) is 25.0 Å². The van der Waals surface area contributed by atoms with Crippen molar-refractivity contribution in [2.75, 3.05) is 48.4 Å². The summed E-state index contributed by atoms with van der Waals surface area (Å²) in [5.74, 6) is -2.74. The van der Waals surface area contributed by atoms with Crippen LogP contribution in [-0.4, -0.2) is 54.8 Å². The minimum absolute atomic E-state index is 0.0257. The number of fused-ring (bicyclic) bond motifs is 1. The van der Waals surface area contributed by atoms with Gasteiger partial charge < -0.3 is 26.0 Å². The number of carbonyl (C=O) groups is 1. The fraction of sp³-hybridized carbons (Fsp3) is 0.500. The smallest absolute Gasteiger partial charge is 0.293 e. The molecule has 0 aliphatic carbocycles. The van der Waals surface area contributed by atoms with Gasteiger partial charge in [0.1, 0.15) is 10.8 Å². The Morgan fingerprint density at radius 3 is 2.70 bits per heavy atom. The highest BCUT2D eigenvalue weighted by atomic mass is 32.2. The summed E-state index contributed by atoms with van der Waals surface area (Å²) < 4.78 is 35.1. The quantitative estimate of drug-likeness (QED) is 0.696. The Labute approximate surface area is 194 Å². The molecule has 3 aliphatic rings. The van der Waals surface area contributed by atoms with Crippen LogP contribution in [0, 0.1) is 5.41 Å². The number of nitrogens with two attached hydrogens (primary N) is 2. The molecule has 0 radical (unpaired) electrons. The highest BCUT2D eigenvalue weighted by Gasteiger charge is 2.47. The van der Waals surface area contributed by atoms with Crippen LogP contribution in [0.3, 0.4) is 0 Å². The maximum Gasteiger partial charge on any atom is 0.293 e. The number of benzene rings is 1. The number of halogens is 2. The maximum atomic E-state index is 14.8. The fourth-order valence-corrected chi connectivity index (χ4v) is 5.89. The van der Waals surface area contributed by atoms with Gasteiger partial charge in [0, 0.05) is 36.4 Å². The van der Waals surface area contributed by atoms with Crippen molar-refractivity contribution in [3.8, 4) is 0 Å². The second kappa shape index (κ2) is 8.07. The van der Waals surface area contributed by atoms with Gasteiger partial charge in [-0.1, -0.05) is 17.8 Å². The molecule has 4 heterocycles. The van der Waals surface area contributed by atoms with E-state index in [1.165, 1.54) is 13.0 Å². The van der Waals surface area contributed by atoms with Gasteiger partial charge in [-0.15, -0.1) is 0 Å². The SMILES string of the molecule is CC(=O)N1CC(F)(F)c2c(Sc3ncc(N4CCC5(CC4)COCC5N)nc3N)cccc21. The lowest BCUT2D eigenvalue weighted by Gasteiger charge is -2.41. The standard InChI is InChI=1S/C22H26F2N6O2S/c1-13(31)30-11-22(23,24)18-14(30)3-2-4-15(18)33-20-19(26)28-17(9-27-20)29-7-5-21(6-8-29)12-32-10-16(21)25/h2-4,9,16H,5-8,10-12,25H2,1H3,(H2,26,28). The number of nitrogen functional groups attached to an aromatic ring is 1. The van der Waals surface area contributed by atoms with Crippen molar-refractivity contribution >= 4 is 35.0 Å². The van der Waals surface area contributed by atoms with Crippen LogP contribution < -0.4 is 21.3 Å². The number of ether oxygens (including phenoxy) is 1. The molecule has 0 bridgehead atoms. The van der Waals surface area contributed by atoms with Gasteiger partial charge in [-0.3, -0.25) is 4.79 Å². The predicted molar refractivity (Wildman–Crippen MR) is 122 cm³/mol. The van der Waals surface area contributed by atoms with Crippen molar-refractivity contribution in [1.29, 1.82) is 0 Å². The molecule has 1 amide bonds. The minimum atomic E-state index is -3.15. The van der Waals surface area contributed by atoms with E-state index in [0.29, 0.717) is 29.0 Å². The molecule has 4 N–H and O–H groups in total. The molecule has 1 atom stereocenters. The van der Waals surface area contributed by atoms with E-state index in [2.05, 4.69) is 14.9 Å². The molecule has 33 heavy (non-hydrogen) atoms. The van der Waals surface area contributed by atoms with E-state index in [1.54, 1.807) is 18.3 Å².